The van der Waals surface area contributed by atoms with E-state index in [1.54, 1.807) is 17.7 Å². The molecule has 0 saturated heterocycles. The van der Waals surface area contributed by atoms with Crippen LogP contribution in [0.1, 0.15) is 11.4 Å². The first-order valence-electron chi connectivity index (χ1n) is 7.58. The molecule has 25 heavy (non-hydrogen) atoms. The molecule has 3 heterocycles. The lowest BCUT2D eigenvalue weighted by Gasteiger charge is -2.04. The molecule has 0 saturated carbocycles. The Balaban J connectivity index is 1.67. The number of hydrogen-bond acceptors (Lipinski definition) is 7. The van der Waals surface area contributed by atoms with E-state index in [0.717, 1.165) is 11.1 Å². The average molecular weight is 334 g/mol. The Morgan fingerprint density at radius 3 is 2.72 bits per heavy atom. The quantitative estimate of drug-likeness (QED) is 0.608. The summed E-state index contributed by atoms with van der Waals surface area (Å²) in [5, 5.41) is 22.0. The number of nitrogens with zero attached hydrogens (tertiary/aromatic N) is 6. The Bertz CT molecular complexity index is 1030. The Kier molecular flexibility index (Phi) is 3.70. The molecule has 0 aliphatic carbocycles. The highest BCUT2D eigenvalue weighted by Gasteiger charge is 2.10. The van der Waals surface area contributed by atoms with Crippen LogP contribution in [0.25, 0.3) is 17.0 Å². The van der Waals surface area contributed by atoms with E-state index < -0.39 is 0 Å². The lowest BCUT2D eigenvalue weighted by atomic mass is 10.1. The van der Waals surface area contributed by atoms with Gasteiger partial charge in [0.15, 0.2) is 23.0 Å². The van der Waals surface area contributed by atoms with Gasteiger partial charge in [0.2, 0.25) is 5.88 Å². The number of aromatic hydroxyl groups is 1. The highest BCUT2D eigenvalue weighted by Crippen LogP contribution is 2.19. The third kappa shape index (κ3) is 2.97. The van der Waals surface area contributed by atoms with Crippen LogP contribution in [0.5, 0.6) is 11.6 Å². The van der Waals surface area contributed by atoms with Gasteiger partial charge < -0.3 is 9.84 Å². The standard InChI is InChI=1S/C17H14N6O2/c1-25-16-6-5-14-20-21-15(23(14)22-16)8-11-3-2-4-12(7-11)17-18-9-13(24)10-19-17/h2-7,9-10,24H,8H2,1H3. The van der Waals surface area contributed by atoms with Crippen molar-refractivity contribution in [2.45, 2.75) is 6.42 Å². The Morgan fingerprint density at radius 2 is 1.92 bits per heavy atom. The zero-order valence-corrected chi connectivity index (χ0v) is 13.4. The van der Waals surface area contributed by atoms with Gasteiger partial charge in [-0.05, 0) is 17.7 Å². The summed E-state index contributed by atoms with van der Waals surface area (Å²) < 4.78 is 6.83. The van der Waals surface area contributed by atoms with Crippen LogP contribution in [-0.2, 0) is 6.42 Å². The van der Waals surface area contributed by atoms with Gasteiger partial charge in [-0.25, -0.2) is 9.97 Å². The van der Waals surface area contributed by atoms with E-state index in [9.17, 15) is 5.11 Å². The minimum atomic E-state index is 0.0369. The van der Waals surface area contributed by atoms with E-state index in [4.69, 9.17) is 4.74 Å². The second-order valence-electron chi connectivity index (χ2n) is 5.40. The molecule has 8 heteroatoms. The van der Waals surface area contributed by atoms with Crippen LogP contribution in [-0.4, -0.2) is 42.0 Å². The predicted octanol–water partition coefficient (Wildman–Crippen LogP) is 1.89. The van der Waals surface area contributed by atoms with Crippen molar-refractivity contribution in [1.29, 1.82) is 0 Å². The van der Waals surface area contributed by atoms with Gasteiger partial charge >= 0.3 is 0 Å². The van der Waals surface area contributed by atoms with Crippen LogP contribution in [0.15, 0.2) is 48.8 Å². The fourth-order valence-corrected chi connectivity index (χ4v) is 2.51. The highest BCUT2D eigenvalue weighted by molar-refractivity contribution is 5.56. The summed E-state index contributed by atoms with van der Waals surface area (Å²) in [6.07, 6.45) is 3.29. The molecular formula is C17H14N6O2. The molecule has 1 N–H and O–H groups in total. The zero-order chi connectivity index (χ0) is 17.2. The molecular weight excluding hydrogens is 320 g/mol. The van der Waals surface area contributed by atoms with E-state index in [1.165, 1.54) is 12.4 Å². The molecule has 0 fully saturated rings. The zero-order valence-electron chi connectivity index (χ0n) is 13.4. The van der Waals surface area contributed by atoms with Gasteiger partial charge in [-0.1, -0.05) is 18.2 Å². The first-order valence-corrected chi connectivity index (χ1v) is 7.58. The summed E-state index contributed by atoms with van der Waals surface area (Å²) in [6, 6.07) is 11.4. The van der Waals surface area contributed by atoms with Crippen molar-refractivity contribution in [3.8, 4) is 23.0 Å². The summed E-state index contributed by atoms with van der Waals surface area (Å²) in [6.45, 7) is 0. The monoisotopic (exact) mass is 334 g/mol. The Hall–Kier alpha value is -3.55. The molecule has 0 amide bonds. The van der Waals surface area contributed by atoms with Crippen molar-refractivity contribution in [3.63, 3.8) is 0 Å². The molecule has 0 unspecified atom stereocenters. The van der Waals surface area contributed by atoms with Crippen LogP contribution in [0.3, 0.4) is 0 Å². The second-order valence-corrected chi connectivity index (χ2v) is 5.40. The maximum Gasteiger partial charge on any atom is 0.231 e. The largest absolute Gasteiger partial charge is 0.505 e. The van der Waals surface area contributed by atoms with Gasteiger partial charge in [0.25, 0.3) is 0 Å². The average Bonchev–Trinajstić information content (AvgIpc) is 3.04. The molecule has 4 rings (SSSR count). The molecule has 0 atom stereocenters. The molecule has 8 nitrogen and oxygen atoms in total. The van der Waals surface area contributed by atoms with Crippen molar-refractivity contribution in [2.24, 2.45) is 0 Å². The summed E-state index contributed by atoms with van der Waals surface area (Å²) in [7, 11) is 1.57. The normalized spacial score (nSPS) is 10.9. The molecule has 4 aromatic rings. The SMILES string of the molecule is COc1ccc2nnc(Cc3cccc(-c4ncc(O)cn4)c3)n2n1. The molecule has 124 valence electrons. The highest BCUT2D eigenvalue weighted by atomic mass is 16.5. The van der Waals surface area contributed by atoms with Gasteiger partial charge in [-0.15, -0.1) is 15.3 Å². The summed E-state index contributed by atoms with van der Waals surface area (Å²) >= 11 is 0. The van der Waals surface area contributed by atoms with Gasteiger partial charge in [0.1, 0.15) is 0 Å². The maximum atomic E-state index is 9.31. The van der Waals surface area contributed by atoms with Crippen molar-refractivity contribution < 1.29 is 9.84 Å². The minimum Gasteiger partial charge on any atom is -0.505 e. The smallest absolute Gasteiger partial charge is 0.231 e. The van der Waals surface area contributed by atoms with Gasteiger partial charge in [-0.2, -0.15) is 4.52 Å². The van der Waals surface area contributed by atoms with E-state index in [-0.39, 0.29) is 5.75 Å². The van der Waals surface area contributed by atoms with E-state index in [0.29, 0.717) is 29.6 Å². The van der Waals surface area contributed by atoms with E-state index in [2.05, 4.69) is 25.3 Å². The van der Waals surface area contributed by atoms with E-state index in [1.807, 2.05) is 30.3 Å². The predicted molar refractivity (Wildman–Crippen MR) is 89.3 cm³/mol. The number of aromatic nitrogens is 6. The van der Waals surface area contributed by atoms with Crippen LogP contribution >= 0.6 is 0 Å². The number of methoxy groups -OCH3 is 1. The van der Waals surface area contributed by atoms with Crippen molar-refractivity contribution in [3.05, 3.63) is 60.2 Å². The molecule has 0 bridgehead atoms. The third-order valence-electron chi connectivity index (χ3n) is 3.70. The number of benzene rings is 1. The van der Waals surface area contributed by atoms with Crippen molar-refractivity contribution >= 4 is 5.65 Å². The molecule has 1 aromatic carbocycles. The number of fused-ring (bicyclic) bond motifs is 1. The van der Waals surface area contributed by atoms with Crippen LogP contribution in [0.4, 0.5) is 0 Å². The lowest BCUT2D eigenvalue weighted by Crippen LogP contribution is -2.02. The number of rotatable bonds is 4. The molecule has 0 spiro atoms. The Labute approximate surface area is 142 Å². The first-order chi connectivity index (χ1) is 12.2. The van der Waals surface area contributed by atoms with Gasteiger partial charge in [-0.3, -0.25) is 0 Å². The van der Waals surface area contributed by atoms with Gasteiger partial charge in [0.05, 0.1) is 19.5 Å². The van der Waals surface area contributed by atoms with Crippen LogP contribution in [0, 0.1) is 0 Å². The summed E-state index contributed by atoms with van der Waals surface area (Å²) in [5.74, 6) is 1.79. The Morgan fingerprint density at radius 1 is 1.08 bits per heavy atom. The van der Waals surface area contributed by atoms with Gasteiger partial charge in [0, 0.05) is 18.1 Å². The topological polar surface area (TPSA) is 98.3 Å². The van der Waals surface area contributed by atoms with Crippen molar-refractivity contribution in [2.75, 3.05) is 7.11 Å². The second kappa shape index (κ2) is 6.16. The minimum absolute atomic E-state index is 0.0369. The van der Waals surface area contributed by atoms with Crippen LogP contribution < -0.4 is 4.74 Å². The summed E-state index contributed by atoms with van der Waals surface area (Å²) in [4.78, 5) is 8.27. The number of hydrogen-bond donors (Lipinski definition) is 1. The van der Waals surface area contributed by atoms with E-state index >= 15 is 0 Å². The molecule has 3 aromatic heterocycles. The maximum absolute atomic E-state index is 9.31. The van der Waals surface area contributed by atoms with Crippen molar-refractivity contribution in [1.82, 2.24) is 29.8 Å². The molecule has 0 radical (unpaired) electrons. The van der Waals surface area contributed by atoms with Crippen LogP contribution in [0.2, 0.25) is 0 Å². The summed E-state index contributed by atoms with van der Waals surface area (Å²) in [5.41, 5.74) is 2.54. The third-order valence-corrected chi connectivity index (χ3v) is 3.70. The first kappa shape index (κ1) is 15.0. The molecule has 0 aliphatic heterocycles. The lowest BCUT2D eigenvalue weighted by molar-refractivity contribution is 0.389. The molecule has 0 aliphatic rings. The fraction of sp³-hybridized carbons (Fsp3) is 0.118. The number of ether oxygens (including phenoxy) is 1. The fourth-order valence-electron chi connectivity index (χ4n) is 2.51.